The third-order valence-corrected chi connectivity index (χ3v) is 2.85. The van der Waals surface area contributed by atoms with Crippen LogP contribution in [-0.2, 0) is 6.18 Å². The van der Waals surface area contributed by atoms with Gasteiger partial charge in [0.25, 0.3) is 0 Å². The number of alkyl halides is 3. The van der Waals surface area contributed by atoms with Crippen LogP contribution in [0.5, 0.6) is 0 Å². The van der Waals surface area contributed by atoms with Gasteiger partial charge in [-0.3, -0.25) is 5.43 Å². The van der Waals surface area contributed by atoms with E-state index in [-0.39, 0.29) is 17.8 Å². The van der Waals surface area contributed by atoms with Crippen molar-refractivity contribution in [2.45, 2.75) is 32.0 Å². The third-order valence-electron chi connectivity index (χ3n) is 2.85. The summed E-state index contributed by atoms with van der Waals surface area (Å²) in [5, 5.41) is 2.94. The Morgan fingerprint density at radius 3 is 2.56 bits per heavy atom. The number of halogens is 3. The number of nitrogens with one attached hydrogen (secondary N) is 2. The normalized spacial score (nSPS) is 17.4. The molecule has 0 aromatic carbocycles. The Balaban J connectivity index is 2.22. The number of hydrazine groups is 1. The van der Waals surface area contributed by atoms with Crippen LogP contribution in [0.4, 0.5) is 24.9 Å². The maximum atomic E-state index is 12.6. The number of rotatable bonds is 4. The molecule has 0 bridgehead atoms. The van der Waals surface area contributed by atoms with E-state index in [1.165, 1.54) is 0 Å². The Hall–Kier alpha value is -1.57. The predicted molar refractivity (Wildman–Crippen MR) is 60.7 cm³/mol. The summed E-state index contributed by atoms with van der Waals surface area (Å²) in [5.41, 5.74) is 1.02. The van der Waals surface area contributed by atoms with E-state index in [0.717, 1.165) is 18.9 Å². The van der Waals surface area contributed by atoms with Gasteiger partial charge in [0.15, 0.2) is 5.69 Å². The highest BCUT2D eigenvalue weighted by Gasteiger charge is 2.34. The molecule has 8 heteroatoms. The van der Waals surface area contributed by atoms with E-state index in [0.29, 0.717) is 5.92 Å². The van der Waals surface area contributed by atoms with E-state index in [1.807, 2.05) is 12.3 Å². The van der Waals surface area contributed by atoms with Crippen LogP contribution in [0, 0.1) is 5.92 Å². The van der Waals surface area contributed by atoms with Crippen molar-refractivity contribution in [3.05, 3.63) is 11.8 Å². The smallest absolute Gasteiger partial charge is 0.367 e. The second kappa shape index (κ2) is 4.60. The number of anilines is 2. The number of nitrogen functional groups attached to an aromatic ring is 1. The van der Waals surface area contributed by atoms with Crippen molar-refractivity contribution in [1.29, 1.82) is 0 Å². The summed E-state index contributed by atoms with van der Waals surface area (Å²) in [5.74, 6) is 5.44. The van der Waals surface area contributed by atoms with E-state index < -0.39 is 11.9 Å². The number of nitrogens with two attached hydrogens (primary N) is 1. The SMILES string of the molecule is CC(Nc1cc(C(F)(F)F)nc(NN)n1)C1CC1. The molecule has 2 rings (SSSR count). The Morgan fingerprint density at radius 1 is 1.39 bits per heavy atom. The molecular formula is C10H14F3N5. The minimum Gasteiger partial charge on any atom is -0.367 e. The molecular weight excluding hydrogens is 247 g/mol. The predicted octanol–water partition coefficient (Wildman–Crippen LogP) is 1.99. The first-order chi connectivity index (χ1) is 8.40. The summed E-state index contributed by atoms with van der Waals surface area (Å²) in [7, 11) is 0. The average molecular weight is 261 g/mol. The highest BCUT2D eigenvalue weighted by atomic mass is 19.4. The van der Waals surface area contributed by atoms with Gasteiger partial charge in [0.05, 0.1) is 0 Å². The summed E-state index contributed by atoms with van der Waals surface area (Å²) in [6, 6.07) is 0.978. The standard InChI is InChI=1S/C10H14F3N5/c1-5(6-2-3-6)15-8-4-7(10(11,12)13)16-9(17-8)18-14/h4-6H,2-3,14H2,1H3,(H2,15,16,17,18). The average Bonchev–Trinajstić information content (AvgIpc) is 3.11. The van der Waals surface area contributed by atoms with Gasteiger partial charge >= 0.3 is 6.18 Å². The Kier molecular flexibility index (Phi) is 3.29. The molecule has 0 aliphatic heterocycles. The van der Waals surface area contributed by atoms with Crippen LogP contribution >= 0.6 is 0 Å². The van der Waals surface area contributed by atoms with Gasteiger partial charge in [-0.05, 0) is 25.7 Å². The van der Waals surface area contributed by atoms with Gasteiger partial charge in [0.1, 0.15) is 5.82 Å². The number of hydrogen-bond acceptors (Lipinski definition) is 5. The van der Waals surface area contributed by atoms with Crippen molar-refractivity contribution in [3.63, 3.8) is 0 Å². The highest BCUT2D eigenvalue weighted by Crippen LogP contribution is 2.34. The van der Waals surface area contributed by atoms with Gasteiger partial charge in [-0.15, -0.1) is 0 Å². The molecule has 1 aliphatic rings. The lowest BCUT2D eigenvalue weighted by Gasteiger charge is -2.15. The summed E-state index contributed by atoms with van der Waals surface area (Å²) >= 11 is 0. The van der Waals surface area contributed by atoms with Crippen LogP contribution in [0.2, 0.25) is 0 Å². The maximum absolute atomic E-state index is 12.6. The van der Waals surface area contributed by atoms with Crippen molar-refractivity contribution in [2.75, 3.05) is 10.7 Å². The highest BCUT2D eigenvalue weighted by molar-refractivity contribution is 5.43. The third kappa shape index (κ3) is 3.00. The van der Waals surface area contributed by atoms with Crippen molar-refractivity contribution in [3.8, 4) is 0 Å². The minimum atomic E-state index is -4.52. The largest absolute Gasteiger partial charge is 0.433 e. The molecule has 0 radical (unpaired) electrons. The van der Waals surface area contributed by atoms with E-state index in [1.54, 1.807) is 0 Å². The molecule has 1 saturated carbocycles. The second-order valence-electron chi connectivity index (χ2n) is 4.37. The minimum absolute atomic E-state index is 0.0895. The molecule has 18 heavy (non-hydrogen) atoms. The molecule has 1 aromatic heterocycles. The number of aromatic nitrogens is 2. The molecule has 100 valence electrons. The summed E-state index contributed by atoms with van der Waals surface area (Å²) in [4.78, 5) is 7.14. The van der Waals surface area contributed by atoms with Crippen LogP contribution in [0.15, 0.2) is 6.07 Å². The van der Waals surface area contributed by atoms with Gasteiger partial charge in [-0.2, -0.15) is 18.2 Å². The zero-order valence-corrected chi connectivity index (χ0v) is 9.75. The molecule has 0 spiro atoms. The molecule has 1 aliphatic carbocycles. The molecule has 5 nitrogen and oxygen atoms in total. The first-order valence-electron chi connectivity index (χ1n) is 5.59. The Morgan fingerprint density at radius 2 is 2.06 bits per heavy atom. The second-order valence-corrected chi connectivity index (χ2v) is 4.37. The van der Waals surface area contributed by atoms with Crippen LogP contribution in [0.25, 0.3) is 0 Å². The van der Waals surface area contributed by atoms with Gasteiger partial charge < -0.3 is 5.32 Å². The van der Waals surface area contributed by atoms with Gasteiger partial charge in [-0.1, -0.05) is 0 Å². The molecule has 1 aromatic rings. The van der Waals surface area contributed by atoms with Crippen LogP contribution in [0.1, 0.15) is 25.5 Å². The quantitative estimate of drug-likeness (QED) is 0.571. The zero-order valence-electron chi connectivity index (χ0n) is 9.75. The number of nitrogens with zero attached hydrogens (tertiary/aromatic N) is 2. The van der Waals surface area contributed by atoms with Crippen molar-refractivity contribution in [1.82, 2.24) is 9.97 Å². The summed E-state index contributed by atoms with van der Waals surface area (Å²) < 4.78 is 37.8. The summed E-state index contributed by atoms with van der Waals surface area (Å²) in [6.45, 7) is 1.92. The summed E-state index contributed by atoms with van der Waals surface area (Å²) in [6.07, 6.45) is -2.34. The molecule has 1 unspecified atom stereocenters. The maximum Gasteiger partial charge on any atom is 0.433 e. The first-order valence-corrected chi connectivity index (χ1v) is 5.59. The monoisotopic (exact) mass is 261 g/mol. The van der Waals surface area contributed by atoms with Crippen LogP contribution < -0.4 is 16.6 Å². The zero-order chi connectivity index (χ0) is 13.3. The van der Waals surface area contributed by atoms with Crippen molar-refractivity contribution in [2.24, 2.45) is 11.8 Å². The van der Waals surface area contributed by atoms with Crippen molar-refractivity contribution < 1.29 is 13.2 Å². The fraction of sp³-hybridized carbons (Fsp3) is 0.600. The van der Waals surface area contributed by atoms with Crippen LogP contribution in [0.3, 0.4) is 0 Å². The molecule has 0 saturated heterocycles. The molecule has 1 atom stereocenters. The lowest BCUT2D eigenvalue weighted by atomic mass is 10.2. The lowest BCUT2D eigenvalue weighted by Crippen LogP contribution is -2.21. The van der Waals surface area contributed by atoms with Crippen LogP contribution in [-0.4, -0.2) is 16.0 Å². The fourth-order valence-electron chi connectivity index (χ4n) is 1.68. The van der Waals surface area contributed by atoms with Gasteiger partial charge in [0, 0.05) is 12.1 Å². The first kappa shape index (κ1) is 12.9. The fourth-order valence-corrected chi connectivity index (χ4v) is 1.68. The molecule has 4 N–H and O–H groups in total. The molecule has 1 heterocycles. The topological polar surface area (TPSA) is 75.9 Å². The molecule has 0 amide bonds. The van der Waals surface area contributed by atoms with E-state index in [4.69, 9.17) is 5.84 Å². The van der Waals surface area contributed by atoms with Crippen molar-refractivity contribution >= 4 is 11.8 Å². The van der Waals surface area contributed by atoms with Gasteiger partial charge in [0.2, 0.25) is 5.95 Å². The molecule has 1 fully saturated rings. The van der Waals surface area contributed by atoms with E-state index in [9.17, 15) is 13.2 Å². The Labute approximate surface area is 102 Å². The van der Waals surface area contributed by atoms with E-state index in [2.05, 4.69) is 15.3 Å². The number of hydrogen-bond donors (Lipinski definition) is 3. The Bertz CT molecular complexity index is 430. The van der Waals surface area contributed by atoms with E-state index >= 15 is 0 Å². The lowest BCUT2D eigenvalue weighted by molar-refractivity contribution is -0.141. The van der Waals surface area contributed by atoms with Gasteiger partial charge in [-0.25, -0.2) is 10.8 Å².